The van der Waals surface area contributed by atoms with E-state index in [1.165, 1.54) is 23.3 Å². The van der Waals surface area contributed by atoms with E-state index in [2.05, 4.69) is 41.8 Å². The summed E-state index contributed by atoms with van der Waals surface area (Å²) in [7, 11) is 0. The molecule has 1 unspecified atom stereocenters. The molecule has 4 nitrogen and oxygen atoms in total. The number of carbonyl (C=O) groups is 1. The molecule has 1 atom stereocenters. The van der Waals surface area contributed by atoms with Gasteiger partial charge in [-0.2, -0.15) is 13.2 Å². The lowest BCUT2D eigenvalue weighted by atomic mass is 9.84. The summed E-state index contributed by atoms with van der Waals surface area (Å²) in [5, 5.41) is 6.37. The molecule has 0 aromatic heterocycles. The summed E-state index contributed by atoms with van der Waals surface area (Å²) < 4.78 is 37.9. The second kappa shape index (κ2) is 7.37. The van der Waals surface area contributed by atoms with Gasteiger partial charge in [-0.25, -0.2) is 4.79 Å². The fourth-order valence-corrected chi connectivity index (χ4v) is 4.29. The molecular formula is C22H24F3N3O. The van der Waals surface area contributed by atoms with Crippen LogP contribution in [0.5, 0.6) is 0 Å². The minimum Gasteiger partial charge on any atom is -0.321 e. The predicted octanol–water partition coefficient (Wildman–Crippen LogP) is 4.46. The topological polar surface area (TPSA) is 44.4 Å². The molecule has 1 aliphatic heterocycles. The highest BCUT2D eigenvalue weighted by atomic mass is 19.4. The van der Waals surface area contributed by atoms with Gasteiger partial charge in [0.15, 0.2) is 0 Å². The summed E-state index contributed by atoms with van der Waals surface area (Å²) in [5.41, 5.74) is 2.28. The van der Waals surface area contributed by atoms with Crippen LogP contribution in [0.3, 0.4) is 0 Å². The number of halogens is 3. The fraction of sp³-hybridized carbons (Fsp3) is 0.409. The molecule has 1 fully saturated rings. The number of rotatable bonds is 3. The zero-order chi connectivity index (χ0) is 20.6. The zero-order valence-electron chi connectivity index (χ0n) is 16.2. The molecule has 1 saturated heterocycles. The van der Waals surface area contributed by atoms with Gasteiger partial charge in [0.1, 0.15) is 0 Å². The third kappa shape index (κ3) is 4.40. The van der Waals surface area contributed by atoms with Crippen LogP contribution in [0.15, 0.2) is 48.5 Å². The molecule has 2 N–H and O–H groups in total. The first-order chi connectivity index (χ1) is 13.7. The predicted molar refractivity (Wildman–Crippen MR) is 106 cm³/mol. The van der Waals surface area contributed by atoms with Crippen LogP contribution in [-0.2, 0) is 19.0 Å². The van der Waals surface area contributed by atoms with Crippen LogP contribution < -0.4 is 10.6 Å². The molecule has 0 radical (unpaired) electrons. The second-order valence-electron chi connectivity index (χ2n) is 8.27. The Morgan fingerprint density at radius 2 is 1.72 bits per heavy atom. The van der Waals surface area contributed by atoms with Crippen molar-refractivity contribution in [3.8, 4) is 0 Å². The number of hydrogen-bond donors (Lipinski definition) is 2. The number of anilines is 1. The number of fused-ring (bicyclic) bond motifs is 1. The van der Waals surface area contributed by atoms with Crippen molar-refractivity contribution in [1.29, 1.82) is 0 Å². The largest absolute Gasteiger partial charge is 0.416 e. The molecule has 154 valence electrons. The number of benzene rings is 2. The van der Waals surface area contributed by atoms with Crippen LogP contribution in [0.1, 0.15) is 30.0 Å². The summed E-state index contributed by atoms with van der Waals surface area (Å²) in [4.78, 5) is 14.1. The Morgan fingerprint density at radius 3 is 2.38 bits per heavy atom. The maximum Gasteiger partial charge on any atom is 0.416 e. The fourth-order valence-electron chi connectivity index (χ4n) is 4.29. The molecule has 0 saturated carbocycles. The number of carbonyl (C=O) groups excluding carboxylic acids is 1. The number of likely N-dealkylation sites (tertiary alicyclic amines) is 1. The van der Waals surface area contributed by atoms with Gasteiger partial charge in [0.2, 0.25) is 0 Å². The third-order valence-corrected chi connectivity index (χ3v) is 5.73. The van der Waals surface area contributed by atoms with E-state index in [1.54, 1.807) is 4.90 Å². The molecule has 2 aromatic rings. The zero-order valence-corrected chi connectivity index (χ0v) is 16.2. The Kier molecular flexibility index (Phi) is 5.02. The highest BCUT2D eigenvalue weighted by Gasteiger charge is 2.42. The van der Waals surface area contributed by atoms with Gasteiger partial charge in [0.25, 0.3) is 0 Å². The summed E-state index contributed by atoms with van der Waals surface area (Å²) >= 11 is 0. The van der Waals surface area contributed by atoms with E-state index in [4.69, 9.17) is 0 Å². The molecule has 7 heteroatoms. The Labute approximate surface area is 168 Å². The number of nitrogens with one attached hydrogen (secondary N) is 2. The van der Waals surface area contributed by atoms with Gasteiger partial charge in [0.05, 0.1) is 11.1 Å². The molecule has 1 heterocycles. The Bertz CT molecular complexity index is 889. The molecule has 4 rings (SSSR count). The number of alkyl halides is 3. The summed E-state index contributed by atoms with van der Waals surface area (Å²) in [6, 6.07) is 13.1. The average Bonchev–Trinajstić information content (AvgIpc) is 2.65. The van der Waals surface area contributed by atoms with E-state index in [0.29, 0.717) is 24.8 Å². The summed E-state index contributed by atoms with van der Waals surface area (Å²) in [6.07, 6.45) is -1.26. The Balaban J connectivity index is 1.28. The van der Waals surface area contributed by atoms with Crippen LogP contribution in [0.4, 0.5) is 23.7 Å². The molecule has 0 spiro atoms. The lowest BCUT2D eigenvalue weighted by Crippen LogP contribution is -2.71. The lowest BCUT2D eigenvalue weighted by molar-refractivity contribution is -0.137. The molecule has 29 heavy (non-hydrogen) atoms. The highest BCUT2D eigenvalue weighted by Crippen LogP contribution is 2.30. The van der Waals surface area contributed by atoms with Crippen LogP contribution in [-0.4, -0.2) is 35.6 Å². The first-order valence-electron chi connectivity index (χ1n) is 9.80. The third-order valence-electron chi connectivity index (χ3n) is 5.73. The van der Waals surface area contributed by atoms with Gasteiger partial charge < -0.3 is 15.5 Å². The van der Waals surface area contributed by atoms with Crippen LogP contribution >= 0.6 is 0 Å². The molecule has 0 bridgehead atoms. The highest BCUT2D eigenvalue weighted by molar-refractivity contribution is 5.90. The van der Waals surface area contributed by atoms with Gasteiger partial charge >= 0.3 is 12.2 Å². The van der Waals surface area contributed by atoms with E-state index < -0.39 is 11.7 Å². The van der Waals surface area contributed by atoms with Gasteiger partial charge in [-0.1, -0.05) is 24.3 Å². The maximum atomic E-state index is 12.6. The van der Waals surface area contributed by atoms with Gasteiger partial charge in [0, 0.05) is 24.8 Å². The van der Waals surface area contributed by atoms with Crippen molar-refractivity contribution in [1.82, 2.24) is 10.2 Å². The van der Waals surface area contributed by atoms with Gasteiger partial charge in [-0.3, -0.25) is 0 Å². The number of amides is 2. The van der Waals surface area contributed by atoms with Crippen LogP contribution in [0.25, 0.3) is 0 Å². The van der Waals surface area contributed by atoms with E-state index in [9.17, 15) is 18.0 Å². The summed E-state index contributed by atoms with van der Waals surface area (Å²) in [6.45, 7) is 3.24. The second-order valence-corrected chi connectivity index (χ2v) is 8.27. The molecule has 2 aliphatic rings. The maximum absolute atomic E-state index is 12.6. The molecule has 2 amide bonds. The standard InChI is InChI=1S/C22H24F3N3O/c1-21(27-19-9-6-15-4-2-3-5-16(15)12-19)13-28(14-21)20(29)26-18-10-7-17(8-11-18)22(23,24)25/h2-5,7-8,10-11,19,27H,6,9,12-14H2,1H3,(H,26,29). The van der Waals surface area contributed by atoms with E-state index in [-0.39, 0.29) is 11.6 Å². The van der Waals surface area contributed by atoms with E-state index in [1.807, 2.05) is 0 Å². The number of aryl methyl sites for hydroxylation is 1. The van der Waals surface area contributed by atoms with E-state index in [0.717, 1.165) is 31.4 Å². The summed E-state index contributed by atoms with van der Waals surface area (Å²) in [5.74, 6) is 0. The van der Waals surface area contributed by atoms with Crippen molar-refractivity contribution in [3.05, 3.63) is 65.2 Å². The van der Waals surface area contributed by atoms with Gasteiger partial charge in [-0.05, 0) is 61.6 Å². The Morgan fingerprint density at radius 1 is 1.07 bits per heavy atom. The Hall–Kier alpha value is -2.54. The van der Waals surface area contributed by atoms with Crippen molar-refractivity contribution in [2.24, 2.45) is 0 Å². The average molecular weight is 403 g/mol. The van der Waals surface area contributed by atoms with Crippen molar-refractivity contribution < 1.29 is 18.0 Å². The van der Waals surface area contributed by atoms with Crippen molar-refractivity contribution in [3.63, 3.8) is 0 Å². The normalized spacial score (nSPS) is 20.6. The smallest absolute Gasteiger partial charge is 0.321 e. The first kappa shape index (κ1) is 19.8. The van der Waals surface area contributed by atoms with Gasteiger partial charge in [-0.15, -0.1) is 0 Å². The van der Waals surface area contributed by atoms with Crippen molar-refractivity contribution in [2.75, 3.05) is 18.4 Å². The van der Waals surface area contributed by atoms with E-state index >= 15 is 0 Å². The lowest BCUT2D eigenvalue weighted by Gasteiger charge is -2.50. The van der Waals surface area contributed by atoms with Crippen LogP contribution in [0, 0.1) is 0 Å². The number of nitrogens with zero attached hydrogens (tertiary/aromatic N) is 1. The molecule has 1 aliphatic carbocycles. The molecule has 2 aromatic carbocycles. The quantitative estimate of drug-likeness (QED) is 0.795. The minimum atomic E-state index is -4.38. The minimum absolute atomic E-state index is 0.144. The molecular weight excluding hydrogens is 379 g/mol. The number of urea groups is 1. The number of hydrogen-bond acceptors (Lipinski definition) is 2. The monoisotopic (exact) mass is 403 g/mol. The SMILES string of the molecule is CC1(NC2CCc3ccccc3C2)CN(C(=O)Nc2ccc(C(F)(F)F)cc2)C1. The first-order valence-corrected chi connectivity index (χ1v) is 9.80. The van der Waals surface area contributed by atoms with Crippen molar-refractivity contribution >= 4 is 11.7 Å². The van der Waals surface area contributed by atoms with Crippen LogP contribution in [0.2, 0.25) is 0 Å². The van der Waals surface area contributed by atoms with Crippen molar-refractivity contribution in [2.45, 2.75) is 43.9 Å².